The molecule has 0 fully saturated rings. The summed E-state index contributed by atoms with van der Waals surface area (Å²) in [6.07, 6.45) is 0. The van der Waals surface area contributed by atoms with Gasteiger partial charge in [-0.15, -0.1) is 0 Å². The smallest absolute Gasteiger partial charge is 0.137 e. The first-order valence-corrected chi connectivity index (χ1v) is 5.53. The minimum Gasteiger partial charge on any atom is -0.495 e. The highest BCUT2D eigenvalue weighted by Crippen LogP contribution is 2.30. The van der Waals surface area contributed by atoms with Crippen molar-refractivity contribution in [3.05, 3.63) is 47.5 Å². The van der Waals surface area contributed by atoms with Crippen LogP contribution in [0.25, 0.3) is 0 Å². The molecule has 0 atom stereocenters. The van der Waals surface area contributed by atoms with Crippen molar-refractivity contribution in [3.63, 3.8) is 0 Å². The van der Waals surface area contributed by atoms with Crippen molar-refractivity contribution in [2.45, 2.75) is 0 Å². The first kappa shape index (κ1) is 11.6. The monoisotopic (exact) mass is 248 g/mol. The van der Waals surface area contributed by atoms with Gasteiger partial charge in [0.25, 0.3) is 0 Å². The number of para-hydroxylation sites is 2. The molecule has 2 aromatic carbocycles. The van der Waals surface area contributed by atoms with Gasteiger partial charge in [-0.2, -0.15) is 0 Å². The number of halogens is 1. The van der Waals surface area contributed by atoms with E-state index in [0.29, 0.717) is 16.5 Å². The van der Waals surface area contributed by atoms with Gasteiger partial charge < -0.3 is 15.8 Å². The third-order valence-electron chi connectivity index (χ3n) is 2.39. The molecule has 88 valence electrons. The number of rotatable bonds is 3. The van der Waals surface area contributed by atoms with Crippen LogP contribution in [0, 0.1) is 0 Å². The lowest BCUT2D eigenvalue weighted by Crippen LogP contribution is -1.96. The van der Waals surface area contributed by atoms with Crippen molar-refractivity contribution in [1.29, 1.82) is 0 Å². The molecule has 17 heavy (non-hydrogen) atoms. The largest absolute Gasteiger partial charge is 0.495 e. The third-order valence-corrected chi connectivity index (χ3v) is 2.69. The number of nitrogen functional groups attached to an aromatic ring is 1. The van der Waals surface area contributed by atoms with Crippen LogP contribution in [-0.2, 0) is 0 Å². The van der Waals surface area contributed by atoms with E-state index in [1.54, 1.807) is 13.2 Å². The molecule has 3 N–H and O–H groups in total. The van der Waals surface area contributed by atoms with Crippen LogP contribution < -0.4 is 15.8 Å². The normalized spacial score (nSPS) is 10.0. The van der Waals surface area contributed by atoms with Gasteiger partial charge in [0.05, 0.1) is 23.5 Å². The van der Waals surface area contributed by atoms with Crippen molar-refractivity contribution < 1.29 is 4.74 Å². The van der Waals surface area contributed by atoms with E-state index in [-0.39, 0.29) is 0 Å². The third kappa shape index (κ3) is 2.63. The van der Waals surface area contributed by atoms with E-state index < -0.39 is 0 Å². The Labute approximate surface area is 105 Å². The molecule has 2 rings (SSSR count). The summed E-state index contributed by atoms with van der Waals surface area (Å²) in [4.78, 5) is 0. The first-order chi connectivity index (χ1) is 8.20. The minimum atomic E-state index is 0.562. The predicted molar refractivity (Wildman–Crippen MR) is 72.1 cm³/mol. The van der Waals surface area contributed by atoms with E-state index in [9.17, 15) is 0 Å². The number of methoxy groups -OCH3 is 1. The Bertz CT molecular complexity index is 529. The van der Waals surface area contributed by atoms with E-state index in [2.05, 4.69) is 5.32 Å². The summed E-state index contributed by atoms with van der Waals surface area (Å²) in [6, 6.07) is 13.1. The van der Waals surface area contributed by atoms with Crippen molar-refractivity contribution in [2.24, 2.45) is 0 Å². The highest BCUT2D eigenvalue weighted by atomic mass is 35.5. The molecule has 0 saturated carbocycles. The molecule has 0 saturated heterocycles. The summed E-state index contributed by atoms with van der Waals surface area (Å²) >= 11 is 6.04. The molecule has 4 heteroatoms. The van der Waals surface area contributed by atoms with Crippen LogP contribution in [-0.4, -0.2) is 7.11 Å². The summed E-state index contributed by atoms with van der Waals surface area (Å²) in [5, 5.41) is 3.76. The average Bonchev–Trinajstić information content (AvgIpc) is 2.32. The highest BCUT2D eigenvalue weighted by Gasteiger charge is 2.03. The Morgan fingerprint density at radius 2 is 1.94 bits per heavy atom. The van der Waals surface area contributed by atoms with Gasteiger partial charge in [-0.25, -0.2) is 0 Å². The number of ether oxygens (including phenoxy) is 1. The second kappa shape index (κ2) is 4.97. The number of benzene rings is 2. The van der Waals surface area contributed by atoms with E-state index in [1.165, 1.54) is 0 Å². The second-order valence-corrected chi connectivity index (χ2v) is 3.97. The maximum Gasteiger partial charge on any atom is 0.137 e. The molecular weight excluding hydrogens is 236 g/mol. The van der Waals surface area contributed by atoms with Gasteiger partial charge in [0, 0.05) is 5.69 Å². The Hall–Kier alpha value is -1.87. The lowest BCUT2D eigenvalue weighted by Gasteiger charge is -2.10. The Balaban J connectivity index is 2.25. The predicted octanol–water partition coefficient (Wildman–Crippen LogP) is 3.67. The Kier molecular flexibility index (Phi) is 3.40. The molecular formula is C13H13ClN2O. The molecule has 3 nitrogen and oxygen atoms in total. The Morgan fingerprint density at radius 3 is 2.59 bits per heavy atom. The zero-order chi connectivity index (χ0) is 12.3. The summed E-state index contributed by atoms with van der Waals surface area (Å²) in [5.41, 5.74) is 8.26. The fraction of sp³-hybridized carbons (Fsp3) is 0.0769. The summed E-state index contributed by atoms with van der Waals surface area (Å²) < 4.78 is 5.09. The van der Waals surface area contributed by atoms with Gasteiger partial charge in [-0.05, 0) is 30.3 Å². The fourth-order valence-electron chi connectivity index (χ4n) is 1.51. The molecule has 0 aromatic heterocycles. The zero-order valence-corrected chi connectivity index (χ0v) is 10.2. The van der Waals surface area contributed by atoms with E-state index in [1.807, 2.05) is 36.4 Å². The summed E-state index contributed by atoms with van der Waals surface area (Å²) in [7, 11) is 1.59. The van der Waals surface area contributed by atoms with Crippen LogP contribution in [0.1, 0.15) is 0 Å². The molecule has 0 aliphatic rings. The molecule has 0 spiro atoms. The number of hydrogen-bond donors (Lipinski definition) is 2. The van der Waals surface area contributed by atoms with Gasteiger partial charge in [0.2, 0.25) is 0 Å². The average molecular weight is 249 g/mol. The lowest BCUT2D eigenvalue weighted by molar-refractivity contribution is 0.415. The zero-order valence-electron chi connectivity index (χ0n) is 9.41. The van der Waals surface area contributed by atoms with E-state index >= 15 is 0 Å². The van der Waals surface area contributed by atoms with Crippen LogP contribution in [0.4, 0.5) is 17.1 Å². The SMILES string of the molecule is COc1ccc(Nc2ccccc2N)cc1Cl. The van der Waals surface area contributed by atoms with E-state index in [4.69, 9.17) is 22.1 Å². The standard InChI is InChI=1S/C13H13ClN2O/c1-17-13-7-6-9(8-10(13)14)16-12-5-3-2-4-11(12)15/h2-8,16H,15H2,1H3. The molecule has 0 amide bonds. The van der Waals surface area contributed by atoms with Gasteiger partial charge in [0.15, 0.2) is 0 Å². The van der Waals surface area contributed by atoms with E-state index in [0.717, 1.165) is 11.4 Å². The van der Waals surface area contributed by atoms with Crippen molar-refractivity contribution in [3.8, 4) is 5.75 Å². The van der Waals surface area contributed by atoms with Gasteiger partial charge in [-0.3, -0.25) is 0 Å². The number of nitrogens with one attached hydrogen (secondary N) is 1. The molecule has 0 aliphatic heterocycles. The van der Waals surface area contributed by atoms with Gasteiger partial charge >= 0.3 is 0 Å². The Morgan fingerprint density at radius 1 is 1.18 bits per heavy atom. The maximum atomic E-state index is 6.04. The topological polar surface area (TPSA) is 47.3 Å². The molecule has 0 bridgehead atoms. The van der Waals surface area contributed by atoms with Crippen LogP contribution in [0.15, 0.2) is 42.5 Å². The first-order valence-electron chi connectivity index (χ1n) is 5.16. The van der Waals surface area contributed by atoms with Gasteiger partial charge in [0.1, 0.15) is 5.75 Å². The van der Waals surface area contributed by atoms with Crippen LogP contribution in [0.3, 0.4) is 0 Å². The maximum absolute atomic E-state index is 6.04. The molecule has 0 heterocycles. The van der Waals surface area contributed by atoms with Crippen LogP contribution >= 0.6 is 11.6 Å². The minimum absolute atomic E-state index is 0.562. The molecule has 0 unspecified atom stereocenters. The van der Waals surface area contributed by atoms with Crippen LogP contribution in [0.2, 0.25) is 5.02 Å². The van der Waals surface area contributed by atoms with Crippen LogP contribution in [0.5, 0.6) is 5.75 Å². The quantitative estimate of drug-likeness (QED) is 0.815. The van der Waals surface area contributed by atoms with Crippen molar-refractivity contribution in [2.75, 3.05) is 18.2 Å². The summed E-state index contributed by atoms with van der Waals surface area (Å²) in [6.45, 7) is 0. The summed E-state index contributed by atoms with van der Waals surface area (Å²) in [5.74, 6) is 0.651. The van der Waals surface area contributed by atoms with Gasteiger partial charge in [-0.1, -0.05) is 23.7 Å². The fourth-order valence-corrected chi connectivity index (χ4v) is 1.77. The molecule has 0 radical (unpaired) electrons. The number of nitrogens with two attached hydrogens (primary N) is 1. The number of hydrogen-bond acceptors (Lipinski definition) is 3. The van der Waals surface area contributed by atoms with Crippen molar-refractivity contribution >= 4 is 28.7 Å². The molecule has 0 aliphatic carbocycles. The lowest BCUT2D eigenvalue weighted by atomic mass is 10.2. The van der Waals surface area contributed by atoms with Crippen molar-refractivity contribution in [1.82, 2.24) is 0 Å². The number of anilines is 3. The second-order valence-electron chi connectivity index (χ2n) is 3.56. The highest BCUT2D eigenvalue weighted by molar-refractivity contribution is 6.32. The molecule has 2 aromatic rings.